The van der Waals surface area contributed by atoms with Gasteiger partial charge in [0.25, 0.3) is 0 Å². The summed E-state index contributed by atoms with van der Waals surface area (Å²) in [5, 5.41) is 6.45. The Morgan fingerprint density at radius 1 is 1.12 bits per heavy atom. The molecule has 2 fully saturated rings. The highest BCUT2D eigenvalue weighted by atomic mass is 16.5. The first kappa shape index (κ1) is 19.0. The number of carbonyl (C=O) groups is 1. The highest BCUT2D eigenvalue weighted by Gasteiger charge is 2.35. The fourth-order valence-electron chi connectivity index (χ4n) is 4.00. The van der Waals surface area contributed by atoms with E-state index in [1.54, 1.807) is 14.2 Å². The number of hydrogen-bond acceptors (Lipinski definition) is 4. The molecule has 26 heavy (non-hydrogen) atoms. The Labute approximate surface area is 156 Å². The molecule has 0 unspecified atom stereocenters. The molecule has 0 spiro atoms. The monoisotopic (exact) mass is 360 g/mol. The number of benzene rings is 1. The first-order valence-electron chi connectivity index (χ1n) is 9.87. The van der Waals surface area contributed by atoms with Gasteiger partial charge in [-0.25, -0.2) is 0 Å². The van der Waals surface area contributed by atoms with Crippen LogP contribution < -0.4 is 20.1 Å². The summed E-state index contributed by atoms with van der Waals surface area (Å²) < 4.78 is 10.9. The van der Waals surface area contributed by atoms with Gasteiger partial charge in [-0.1, -0.05) is 25.3 Å². The van der Waals surface area contributed by atoms with Crippen molar-refractivity contribution in [3.63, 3.8) is 0 Å². The maximum Gasteiger partial charge on any atom is 0.233 e. The summed E-state index contributed by atoms with van der Waals surface area (Å²) in [6, 6.07) is 6.19. The van der Waals surface area contributed by atoms with Crippen molar-refractivity contribution in [1.29, 1.82) is 0 Å². The van der Waals surface area contributed by atoms with E-state index < -0.39 is 0 Å². The molecule has 5 nitrogen and oxygen atoms in total. The van der Waals surface area contributed by atoms with Gasteiger partial charge >= 0.3 is 0 Å². The van der Waals surface area contributed by atoms with E-state index in [1.165, 1.54) is 37.7 Å². The number of methoxy groups -OCH3 is 2. The van der Waals surface area contributed by atoms with Crippen LogP contribution in [0, 0.1) is 5.92 Å². The molecule has 0 saturated heterocycles. The Morgan fingerprint density at radius 3 is 2.50 bits per heavy atom. The zero-order valence-corrected chi connectivity index (χ0v) is 16.1. The van der Waals surface area contributed by atoms with Gasteiger partial charge in [0.05, 0.1) is 20.8 Å². The number of ether oxygens (including phenoxy) is 2. The van der Waals surface area contributed by atoms with Crippen LogP contribution in [0.1, 0.15) is 50.5 Å². The standard InChI is InChI=1S/C21H32N2O3/c1-25-18-9-8-17(12-19(18)26-2)21(10-4-3-5-11-21)15-23-20(24)14-22-13-16-6-7-16/h8-9,12,16,22H,3-7,10-11,13-15H2,1-2H3,(H,23,24). The highest BCUT2D eigenvalue weighted by Crippen LogP contribution is 2.42. The molecule has 3 rings (SSSR count). The molecule has 5 heteroatoms. The molecule has 0 aromatic heterocycles. The first-order valence-corrected chi connectivity index (χ1v) is 9.87. The van der Waals surface area contributed by atoms with E-state index in [9.17, 15) is 4.79 Å². The summed E-state index contributed by atoms with van der Waals surface area (Å²) in [6.07, 6.45) is 8.46. The van der Waals surface area contributed by atoms with E-state index in [0.717, 1.165) is 36.8 Å². The summed E-state index contributed by atoms with van der Waals surface area (Å²) >= 11 is 0. The van der Waals surface area contributed by atoms with Crippen molar-refractivity contribution in [1.82, 2.24) is 10.6 Å². The topological polar surface area (TPSA) is 59.6 Å². The summed E-state index contributed by atoms with van der Waals surface area (Å²) in [4.78, 5) is 12.3. The molecule has 1 aromatic rings. The number of hydrogen-bond donors (Lipinski definition) is 2. The van der Waals surface area contributed by atoms with E-state index in [2.05, 4.69) is 22.8 Å². The largest absolute Gasteiger partial charge is 0.493 e. The number of carbonyl (C=O) groups excluding carboxylic acids is 1. The zero-order valence-electron chi connectivity index (χ0n) is 16.1. The van der Waals surface area contributed by atoms with Crippen LogP contribution >= 0.6 is 0 Å². The van der Waals surface area contributed by atoms with Gasteiger partial charge in [0.15, 0.2) is 11.5 Å². The summed E-state index contributed by atoms with van der Waals surface area (Å²) in [5.74, 6) is 2.39. The van der Waals surface area contributed by atoms with Crippen molar-refractivity contribution < 1.29 is 14.3 Å². The molecular weight excluding hydrogens is 328 g/mol. The van der Waals surface area contributed by atoms with Gasteiger partial charge in [-0.2, -0.15) is 0 Å². The summed E-state index contributed by atoms with van der Waals surface area (Å²) in [5.41, 5.74) is 1.23. The third kappa shape index (κ3) is 4.70. The van der Waals surface area contributed by atoms with Gasteiger partial charge in [-0.15, -0.1) is 0 Å². The SMILES string of the molecule is COc1ccc(C2(CNC(=O)CNCC3CC3)CCCCC2)cc1OC. The van der Waals surface area contributed by atoms with Crippen LogP contribution in [0.5, 0.6) is 11.5 Å². The maximum absolute atomic E-state index is 12.3. The molecule has 0 radical (unpaired) electrons. The average molecular weight is 360 g/mol. The van der Waals surface area contributed by atoms with E-state index in [1.807, 2.05) is 6.07 Å². The van der Waals surface area contributed by atoms with E-state index in [-0.39, 0.29) is 11.3 Å². The number of amides is 1. The summed E-state index contributed by atoms with van der Waals surface area (Å²) in [7, 11) is 3.32. The fourth-order valence-corrected chi connectivity index (χ4v) is 4.00. The molecule has 2 N–H and O–H groups in total. The maximum atomic E-state index is 12.3. The van der Waals surface area contributed by atoms with Gasteiger partial charge < -0.3 is 20.1 Å². The van der Waals surface area contributed by atoms with Crippen LogP contribution in [-0.2, 0) is 10.2 Å². The molecule has 2 aliphatic carbocycles. The van der Waals surface area contributed by atoms with Crippen LogP contribution in [0.4, 0.5) is 0 Å². The Kier molecular flexibility index (Phi) is 6.41. The Hall–Kier alpha value is -1.75. The van der Waals surface area contributed by atoms with E-state index in [0.29, 0.717) is 13.1 Å². The second-order valence-corrected chi connectivity index (χ2v) is 7.76. The Balaban J connectivity index is 1.66. The first-order chi connectivity index (χ1) is 12.7. The molecule has 0 aliphatic heterocycles. The lowest BCUT2D eigenvalue weighted by atomic mass is 9.69. The van der Waals surface area contributed by atoms with Crippen molar-refractivity contribution in [2.75, 3.05) is 33.9 Å². The predicted octanol–water partition coefficient (Wildman–Crippen LogP) is 3.02. The van der Waals surface area contributed by atoms with Gasteiger partial charge in [0.1, 0.15) is 0 Å². The molecule has 0 atom stereocenters. The second-order valence-electron chi connectivity index (χ2n) is 7.76. The van der Waals surface area contributed by atoms with Crippen molar-refractivity contribution in [2.24, 2.45) is 5.92 Å². The van der Waals surface area contributed by atoms with Gasteiger partial charge in [-0.05, 0) is 55.8 Å². The zero-order chi connectivity index (χ0) is 18.4. The second kappa shape index (κ2) is 8.76. The van der Waals surface area contributed by atoms with Crippen LogP contribution in [-0.4, -0.2) is 39.8 Å². The van der Waals surface area contributed by atoms with Crippen molar-refractivity contribution in [2.45, 2.75) is 50.4 Å². The molecule has 2 aliphatic rings. The van der Waals surface area contributed by atoms with E-state index >= 15 is 0 Å². The minimum atomic E-state index is -0.00997. The minimum absolute atomic E-state index is 0.00997. The molecular formula is C21H32N2O3. The minimum Gasteiger partial charge on any atom is -0.493 e. The number of nitrogens with one attached hydrogen (secondary N) is 2. The average Bonchev–Trinajstić information content (AvgIpc) is 3.51. The predicted molar refractivity (Wildman–Crippen MR) is 103 cm³/mol. The lowest BCUT2D eigenvalue weighted by Crippen LogP contribution is -2.44. The number of rotatable bonds is 9. The Morgan fingerprint density at radius 2 is 1.85 bits per heavy atom. The van der Waals surface area contributed by atoms with Gasteiger partial charge in [0.2, 0.25) is 5.91 Å². The lowest BCUT2D eigenvalue weighted by molar-refractivity contribution is -0.120. The third-order valence-corrected chi connectivity index (χ3v) is 5.85. The quantitative estimate of drug-likeness (QED) is 0.711. The lowest BCUT2D eigenvalue weighted by Gasteiger charge is -2.38. The van der Waals surface area contributed by atoms with Crippen LogP contribution in [0.2, 0.25) is 0 Å². The van der Waals surface area contributed by atoms with Crippen molar-refractivity contribution in [3.8, 4) is 11.5 Å². The molecule has 1 amide bonds. The van der Waals surface area contributed by atoms with Crippen LogP contribution in [0.15, 0.2) is 18.2 Å². The molecule has 1 aromatic carbocycles. The smallest absolute Gasteiger partial charge is 0.233 e. The Bertz CT molecular complexity index is 607. The van der Waals surface area contributed by atoms with Gasteiger partial charge in [0, 0.05) is 12.0 Å². The molecule has 144 valence electrons. The van der Waals surface area contributed by atoms with E-state index in [4.69, 9.17) is 9.47 Å². The van der Waals surface area contributed by atoms with Gasteiger partial charge in [-0.3, -0.25) is 4.79 Å². The fraction of sp³-hybridized carbons (Fsp3) is 0.667. The third-order valence-electron chi connectivity index (χ3n) is 5.85. The molecule has 2 saturated carbocycles. The highest BCUT2D eigenvalue weighted by molar-refractivity contribution is 5.78. The molecule has 0 bridgehead atoms. The van der Waals surface area contributed by atoms with Crippen molar-refractivity contribution >= 4 is 5.91 Å². The normalized spacial score (nSPS) is 19.0. The van der Waals surface area contributed by atoms with Crippen molar-refractivity contribution in [3.05, 3.63) is 23.8 Å². The van der Waals surface area contributed by atoms with Crippen LogP contribution in [0.25, 0.3) is 0 Å². The molecule has 0 heterocycles. The van der Waals surface area contributed by atoms with Crippen LogP contribution in [0.3, 0.4) is 0 Å². The summed E-state index contributed by atoms with van der Waals surface area (Å²) in [6.45, 7) is 2.07.